The second-order valence-electron chi connectivity index (χ2n) is 8.75. The minimum Gasteiger partial charge on any atom is -0.480 e. The summed E-state index contributed by atoms with van der Waals surface area (Å²) in [4.78, 5) is 53.4. The Morgan fingerprint density at radius 1 is 0.789 bits per heavy atom. The monoisotopic (exact) mass is 557 g/mol. The molecule has 0 aliphatic carbocycles. The van der Waals surface area contributed by atoms with Crippen LogP contribution in [0, 0.1) is 0 Å². The predicted octanol–water partition coefficient (Wildman–Crippen LogP) is 0.679. The van der Waals surface area contributed by atoms with E-state index in [2.05, 4.69) is 46.2 Å². The number of carbonyl (C=O) groups excluding carboxylic acids is 3. The molecule has 0 saturated carbocycles. The van der Waals surface area contributed by atoms with E-state index in [1.165, 1.54) is 0 Å². The van der Waals surface area contributed by atoms with Gasteiger partial charge in [0.15, 0.2) is 0 Å². The minimum absolute atomic E-state index is 0.0994. The lowest BCUT2D eigenvalue weighted by atomic mass is 10.0. The van der Waals surface area contributed by atoms with Gasteiger partial charge in [-0.15, -0.1) is 0 Å². The van der Waals surface area contributed by atoms with Gasteiger partial charge in [-0.3, -0.25) is 14.4 Å². The minimum atomic E-state index is -1.26. The van der Waals surface area contributed by atoms with E-state index in [0.29, 0.717) is 0 Å². The molecule has 0 radical (unpaired) electrons. The number of benzene rings is 2. The van der Waals surface area contributed by atoms with Gasteiger partial charge in [-0.2, -0.15) is 25.3 Å². The van der Waals surface area contributed by atoms with Gasteiger partial charge in [-0.05, 0) is 23.6 Å². The van der Waals surface area contributed by atoms with Crippen molar-refractivity contribution in [2.24, 2.45) is 5.73 Å². The lowest BCUT2D eigenvalue weighted by Crippen LogP contribution is -2.58. The Morgan fingerprint density at radius 3 is 2.03 bits per heavy atom. The summed E-state index contributed by atoms with van der Waals surface area (Å²) < 4.78 is 0. The molecule has 4 atom stereocenters. The molecule has 0 fully saturated rings. The number of hydrogen-bond acceptors (Lipinski definition) is 7. The number of carbonyl (C=O) groups is 4. The van der Waals surface area contributed by atoms with Gasteiger partial charge in [0.2, 0.25) is 17.7 Å². The average molecular weight is 558 g/mol. The highest BCUT2D eigenvalue weighted by molar-refractivity contribution is 7.80. The number of carboxylic acids is 1. The molecule has 1 aromatic heterocycles. The molecule has 0 saturated heterocycles. The molecule has 0 aliphatic heterocycles. The zero-order valence-electron chi connectivity index (χ0n) is 20.5. The van der Waals surface area contributed by atoms with Gasteiger partial charge in [0.05, 0.1) is 6.04 Å². The molecule has 0 bridgehead atoms. The van der Waals surface area contributed by atoms with Crippen molar-refractivity contribution in [1.29, 1.82) is 0 Å². The van der Waals surface area contributed by atoms with E-state index in [4.69, 9.17) is 5.73 Å². The molecule has 38 heavy (non-hydrogen) atoms. The van der Waals surface area contributed by atoms with Crippen molar-refractivity contribution in [2.75, 3.05) is 11.5 Å². The topological polar surface area (TPSA) is 166 Å². The molecule has 3 rings (SSSR count). The molecule has 202 valence electrons. The third kappa shape index (κ3) is 7.76. The number of carboxylic acid groups (broad SMARTS) is 1. The first kappa shape index (κ1) is 29.1. The van der Waals surface area contributed by atoms with Crippen LogP contribution in [0.3, 0.4) is 0 Å². The molecule has 7 N–H and O–H groups in total. The fourth-order valence-electron chi connectivity index (χ4n) is 3.89. The van der Waals surface area contributed by atoms with E-state index in [-0.39, 0.29) is 24.3 Å². The van der Waals surface area contributed by atoms with Gasteiger partial charge >= 0.3 is 5.97 Å². The van der Waals surface area contributed by atoms with Gasteiger partial charge in [0.25, 0.3) is 0 Å². The molecule has 10 nitrogen and oxygen atoms in total. The Labute approximate surface area is 230 Å². The van der Waals surface area contributed by atoms with Crippen molar-refractivity contribution in [1.82, 2.24) is 20.9 Å². The fraction of sp³-hybridized carbons (Fsp3) is 0.308. The largest absolute Gasteiger partial charge is 0.480 e. The number of aliphatic carboxylic acids is 1. The second-order valence-corrected chi connectivity index (χ2v) is 9.48. The van der Waals surface area contributed by atoms with Crippen LogP contribution in [-0.2, 0) is 32.0 Å². The van der Waals surface area contributed by atoms with E-state index < -0.39 is 47.9 Å². The molecule has 3 aromatic rings. The van der Waals surface area contributed by atoms with E-state index in [0.717, 1.165) is 22.0 Å². The molecule has 0 spiro atoms. The maximum absolute atomic E-state index is 13.4. The number of aromatic nitrogens is 1. The number of fused-ring (bicyclic) bond motifs is 1. The van der Waals surface area contributed by atoms with E-state index >= 15 is 0 Å². The number of nitrogens with two attached hydrogens (primary N) is 1. The molecule has 4 unspecified atom stereocenters. The number of amides is 3. The van der Waals surface area contributed by atoms with Gasteiger partial charge in [-0.1, -0.05) is 48.5 Å². The first-order chi connectivity index (χ1) is 18.2. The summed E-state index contributed by atoms with van der Waals surface area (Å²) in [5.74, 6) is -3.38. The Hall–Kier alpha value is -3.48. The summed E-state index contributed by atoms with van der Waals surface area (Å²) in [7, 11) is 0. The molecule has 3 amide bonds. The van der Waals surface area contributed by atoms with Crippen LogP contribution in [0.25, 0.3) is 10.9 Å². The molecule has 0 aliphatic rings. The first-order valence-electron chi connectivity index (χ1n) is 11.9. The zero-order chi connectivity index (χ0) is 27.7. The SMILES string of the molecule is NC(Cc1ccccc1)C(=O)NC(Cc1c[nH]c2ccccc12)C(=O)NC(CS)C(=O)NC(CS)C(=O)O. The number of thiol groups is 2. The molecule has 2 aromatic carbocycles. The lowest BCUT2D eigenvalue weighted by molar-refractivity contribution is -0.141. The highest BCUT2D eigenvalue weighted by Crippen LogP contribution is 2.19. The summed E-state index contributed by atoms with van der Waals surface area (Å²) in [5, 5.41) is 17.7. The third-order valence-electron chi connectivity index (χ3n) is 5.98. The molecular weight excluding hydrogens is 526 g/mol. The average Bonchev–Trinajstić information content (AvgIpc) is 3.32. The van der Waals surface area contributed by atoms with Crippen LogP contribution in [-0.4, -0.2) is 69.5 Å². The van der Waals surface area contributed by atoms with Crippen LogP contribution >= 0.6 is 25.3 Å². The lowest BCUT2D eigenvalue weighted by Gasteiger charge is -2.24. The first-order valence-corrected chi connectivity index (χ1v) is 13.2. The standard InChI is InChI=1S/C26H31N5O5S2/c27-18(10-15-6-2-1-3-7-15)23(32)29-20(11-16-12-28-19-9-5-4-8-17(16)19)24(33)30-21(13-37)25(34)31-22(14-38)26(35)36/h1-9,12,18,20-22,28,37-38H,10-11,13-14,27H2,(H,29,32)(H,30,33)(H,31,34)(H,35,36). The third-order valence-corrected chi connectivity index (χ3v) is 6.71. The van der Waals surface area contributed by atoms with E-state index in [1.54, 1.807) is 6.20 Å². The predicted molar refractivity (Wildman–Crippen MR) is 151 cm³/mol. The van der Waals surface area contributed by atoms with Crippen LogP contribution in [0.1, 0.15) is 11.1 Å². The van der Waals surface area contributed by atoms with Crippen molar-refractivity contribution < 1.29 is 24.3 Å². The summed E-state index contributed by atoms with van der Waals surface area (Å²) >= 11 is 8.08. The van der Waals surface area contributed by atoms with Crippen molar-refractivity contribution in [3.05, 3.63) is 71.9 Å². The highest BCUT2D eigenvalue weighted by atomic mass is 32.1. The highest BCUT2D eigenvalue weighted by Gasteiger charge is 2.30. The van der Waals surface area contributed by atoms with Gasteiger partial charge in [0.1, 0.15) is 18.1 Å². The van der Waals surface area contributed by atoms with Gasteiger partial charge < -0.3 is 31.8 Å². The quantitative estimate of drug-likeness (QED) is 0.144. The second kappa shape index (κ2) is 13.9. The molecular formula is C26H31N5O5S2. The molecule has 1 heterocycles. The Morgan fingerprint density at radius 2 is 1.37 bits per heavy atom. The van der Waals surface area contributed by atoms with Crippen molar-refractivity contribution in [3.8, 4) is 0 Å². The van der Waals surface area contributed by atoms with Crippen LogP contribution in [0.2, 0.25) is 0 Å². The number of nitrogens with one attached hydrogen (secondary N) is 4. The van der Waals surface area contributed by atoms with Crippen molar-refractivity contribution in [3.63, 3.8) is 0 Å². The van der Waals surface area contributed by atoms with Crippen molar-refractivity contribution >= 4 is 59.9 Å². The van der Waals surface area contributed by atoms with Crippen LogP contribution in [0.5, 0.6) is 0 Å². The van der Waals surface area contributed by atoms with E-state index in [9.17, 15) is 24.3 Å². The van der Waals surface area contributed by atoms with Crippen LogP contribution in [0.4, 0.5) is 0 Å². The number of para-hydroxylation sites is 1. The summed E-state index contributed by atoms with van der Waals surface area (Å²) in [5.41, 5.74) is 8.67. The van der Waals surface area contributed by atoms with Crippen molar-refractivity contribution in [2.45, 2.75) is 37.0 Å². The smallest absolute Gasteiger partial charge is 0.327 e. The number of aromatic amines is 1. The summed E-state index contributed by atoms with van der Waals surface area (Å²) in [6.45, 7) is 0. The summed E-state index contributed by atoms with van der Waals surface area (Å²) in [6.07, 6.45) is 2.15. The molecule has 12 heteroatoms. The summed E-state index contributed by atoms with van der Waals surface area (Å²) in [6, 6.07) is 12.4. The number of hydrogen-bond donors (Lipinski definition) is 8. The fourth-order valence-corrected chi connectivity index (χ4v) is 4.40. The van der Waals surface area contributed by atoms with Crippen LogP contribution in [0.15, 0.2) is 60.8 Å². The van der Waals surface area contributed by atoms with Crippen LogP contribution < -0.4 is 21.7 Å². The Bertz CT molecular complexity index is 1270. The zero-order valence-corrected chi connectivity index (χ0v) is 22.3. The van der Waals surface area contributed by atoms with Gasteiger partial charge in [0, 0.05) is 35.0 Å². The number of rotatable bonds is 13. The number of H-pyrrole nitrogens is 1. The maximum atomic E-state index is 13.4. The Kier molecular flexibility index (Phi) is 10.6. The maximum Gasteiger partial charge on any atom is 0.327 e. The van der Waals surface area contributed by atoms with Gasteiger partial charge in [-0.25, -0.2) is 4.79 Å². The van der Waals surface area contributed by atoms with E-state index in [1.807, 2.05) is 54.6 Å². The normalized spacial score (nSPS) is 14.2. The Balaban J connectivity index is 1.78.